The van der Waals surface area contributed by atoms with Gasteiger partial charge in [-0.25, -0.2) is 0 Å². The van der Waals surface area contributed by atoms with Crippen molar-refractivity contribution in [1.82, 2.24) is 49.0 Å². The zero-order chi connectivity index (χ0) is 90.9. The first kappa shape index (κ1) is 140. The largest absolute Gasteiger partial charge is 0.298 e. The molecule has 0 amide bonds. The number of nitrogens with zero attached hydrogens (tertiary/aromatic N) is 10. The Morgan fingerprint density at radius 1 is 0.144 bits per heavy atom. The monoisotopic (exact) mass is 1780 g/mol. The predicted molar refractivity (Wildman–Crippen MR) is 583 cm³/mol. The Balaban J connectivity index is -0.000000200. The fraction of sp³-hybridized carbons (Fsp3) is 1.00. The van der Waals surface area contributed by atoms with Crippen LogP contribution in [0.25, 0.3) is 0 Å². The van der Waals surface area contributed by atoms with Crippen LogP contribution in [0.4, 0.5) is 0 Å². The van der Waals surface area contributed by atoms with Crippen molar-refractivity contribution in [3.05, 3.63) is 0 Å². The van der Waals surface area contributed by atoms with Gasteiger partial charge in [0.2, 0.25) is 0 Å². The van der Waals surface area contributed by atoms with E-state index in [9.17, 15) is 0 Å². The average Bonchev–Trinajstić information content (AvgIpc) is 1.67. The van der Waals surface area contributed by atoms with Crippen LogP contribution in [0.3, 0.4) is 0 Å². The van der Waals surface area contributed by atoms with Crippen LogP contribution >= 0.6 is 0 Å². The van der Waals surface area contributed by atoms with Crippen molar-refractivity contribution in [1.29, 1.82) is 0 Å². The zero-order valence-electron chi connectivity index (χ0n) is 89.6. The highest BCUT2D eigenvalue weighted by Gasteiger charge is 2.40. The van der Waals surface area contributed by atoms with E-state index in [1.165, 1.54) is 207 Å². The van der Waals surface area contributed by atoms with E-state index in [4.69, 9.17) is 0 Å². The molecule has 0 aromatic carbocycles. The van der Waals surface area contributed by atoms with Crippen LogP contribution in [-0.4, -0.2) is 235 Å². The van der Waals surface area contributed by atoms with E-state index in [0.29, 0.717) is 0 Å². The van der Waals surface area contributed by atoms with Gasteiger partial charge in [0.1, 0.15) is 0 Å². The molecule has 0 aliphatic carbocycles. The van der Waals surface area contributed by atoms with Crippen molar-refractivity contribution in [3.8, 4) is 0 Å². The molecule has 0 aromatic heterocycles. The van der Waals surface area contributed by atoms with Gasteiger partial charge in [-0.15, -0.1) is 0 Å². The van der Waals surface area contributed by atoms with E-state index in [1.54, 1.807) is 0 Å². The van der Waals surface area contributed by atoms with Crippen molar-refractivity contribution >= 4 is 0 Å². The van der Waals surface area contributed by atoms with Crippen molar-refractivity contribution in [2.45, 2.75) is 619 Å². The Hall–Kier alpha value is -0.400. The molecule has 10 aliphatic rings. The topological polar surface area (TPSA) is 31.9 Å². The third kappa shape index (κ3) is 56.0. The van der Waals surface area contributed by atoms with Gasteiger partial charge in [0, 0.05) is 147 Å². The number of likely N-dealkylation sites (tertiary alicyclic amines) is 8. The highest BCUT2D eigenvalue weighted by Crippen LogP contribution is 2.34. The molecule has 0 aromatic rings. The molecule has 125 heavy (non-hydrogen) atoms. The van der Waals surface area contributed by atoms with Gasteiger partial charge in [-0.05, 0) is 339 Å². The zero-order valence-corrected chi connectivity index (χ0v) is 89.6. The molecule has 10 fully saturated rings. The van der Waals surface area contributed by atoms with Crippen LogP contribution in [0.15, 0.2) is 0 Å². The lowest BCUT2D eigenvalue weighted by molar-refractivity contribution is 0.0265. The molecule has 10 heteroatoms. The summed E-state index contributed by atoms with van der Waals surface area (Å²) in [7, 11) is 0. The van der Waals surface area contributed by atoms with Crippen molar-refractivity contribution in [3.63, 3.8) is 0 Å². The molecule has 766 valence electrons. The molecular formula is C115H256N10. The van der Waals surface area contributed by atoms with E-state index in [2.05, 4.69) is 354 Å². The maximum Gasteiger partial charge on any atom is 0.0249 e. The maximum atomic E-state index is 2.71. The van der Waals surface area contributed by atoms with E-state index in [0.717, 1.165) is 192 Å². The molecule has 0 bridgehead atoms. The Bertz CT molecular complexity index is 2010. The number of piperidine rings is 2. The third-order valence-electron chi connectivity index (χ3n) is 28.8. The third-order valence-corrected chi connectivity index (χ3v) is 28.8. The predicted octanol–water partition coefficient (Wildman–Crippen LogP) is 32.7. The molecule has 0 N–H and O–H groups in total. The second kappa shape index (κ2) is 74.8. The van der Waals surface area contributed by atoms with Crippen LogP contribution < -0.4 is 0 Å². The van der Waals surface area contributed by atoms with Crippen LogP contribution in [0, 0.1) is 71.0 Å². The number of hydrogen-bond acceptors (Lipinski definition) is 10. The van der Waals surface area contributed by atoms with Gasteiger partial charge >= 0.3 is 0 Å². The minimum atomic E-state index is 0. The normalized spacial score (nSPS) is 25.6. The van der Waals surface area contributed by atoms with Crippen LogP contribution in [0.5, 0.6) is 0 Å². The van der Waals surface area contributed by atoms with Gasteiger partial charge in [-0.3, -0.25) is 49.0 Å². The second-order valence-corrected chi connectivity index (χ2v) is 46.3. The van der Waals surface area contributed by atoms with Gasteiger partial charge in [0.05, 0.1) is 0 Å². The smallest absolute Gasteiger partial charge is 0.0249 e. The van der Waals surface area contributed by atoms with Gasteiger partial charge in [-0.2, -0.15) is 0 Å². The Morgan fingerprint density at radius 2 is 0.280 bits per heavy atom. The van der Waals surface area contributed by atoms with Gasteiger partial charge in [0.25, 0.3) is 0 Å². The Kier molecular flexibility index (Phi) is 83.8. The molecular weight excluding hydrogens is 1520 g/mol. The first-order valence-electron chi connectivity index (χ1n) is 52.5. The van der Waals surface area contributed by atoms with E-state index >= 15 is 0 Å². The Labute approximate surface area is 799 Å². The van der Waals surface area contributed by atoms with E-state index in [-0.39, 0.29) is 52.0 Å². The van der Waals surface area contributed by atoms with E-state index < -0.39 is 0 Å². The van der Waals surface area contributed by atoms with Crippen molar-refractivity contribution in [2.75, 3.05) is 65.4 Å². The molecule has 10 nitrogen and oxygen atoms in total. The number of rotatable bonds is 23. The standard InChI is InChI=1S/2C12H25N.2C11H23N.2C10H21N.2C9H19N.2C8H17N.C8H18.7CH4/c2*1-10(2)12-8-6-5-7-9-13(12)11(3)4;2*1-9(2)11-7-5-6-8-12(11)10(3)4;2*1-8(2)10-6-5-7-11(10)9(3)4;2*1-7(2)9-5-6-10(9)8(3)4;2*1-6(2)8-5-9(8)7(3)4;1-7(2)5-6-8(3)4;;;;;;;/h2*10-12H,5-9H2,1-4H3;2*9-11H,5-8H2,1-4H3;2*8-10H,5-7H2,1-4H3;2*7-9H,5-6H2,1-4H3;2*6-8H,5H2,1-4H3;7-8H,5-6H2,1-4H3;7*1H4. The Morgan fingerprint density at radius 3 is 0.400 bits per heavy atom. The molecule has 0 saturated carbocycles. The lowest BCUT2D eigenvalue weighted by Gasteiger charge is -2.46. The summed E-state index contributed by atoms with van der Waals surface area (Å²) in [4.78, 5) is 26.3. The molecule has 10 heterocycles. The summed E-state index contributed by atoms with van der Waals surface area (Å²) in [5.74, 6) is 10.1. The summed E-state index contributed by atoms with van der Waals surface area (Å²) in [6.45, 7) is 115. The first-order chi connectivity index (χ1) is 54.9. The summed E-state index contributed by atoms with van der Waals surface area (Å²) < 4.78 is 0. The average molecular weight is 1780 g/mol. The summed E-state index contributed by atoms with van der Waals surface area (Å²) in [5, 5.41) is 0. The molecule has 10 rings (SSSR count). The molecule has 10 aliphatic heterocycles. The fourth-order valence-corrected chi connectivity index (χ4v) is 21.0. The second-order valence-electron chi connectivity index (χ2n) is 46.3. The van der Waals surface area contributed by atoms with Gasteiger partial charge < -0.3 is 0 Å². The molecule has 12 atom stereocenters. The lowest BCUT2D eigenvalue weighted by Crippen LogP contribution is -2.53. The van der Waals surface area contributed by atoms with E-state index in [1.807, 2.05) is 0 Å². The first-order valence-corrected chi connectivity index (χ1v) is 52.5. The summed E-state index contributed by atoms with van der Waals surface area (Å²) in [5.41, 5.74) is 0. The highest BCUT2D eigenvalue weighted by molar-refractivity contribution is 4.95. The van der Waals surface area contributed by atoms with Crippen molar-refractivity contribution < 1.29 is 0 Å². The molecule has 10 saturated heterocycles. The van der Waals surface area contributed by atoms with Crippen LogP contribution in [-0.2, 0) is 0 Å². The lowest BCUT2D eigenvalue weighted by atomic mass is 9.90. The quantitative estimate of drug-likeness (QED) is 0.0923. The molecule has 0 spiro atoms. The molecule has 0 radical (unpaired) electrons. The summed E-state index contributed by atoms with van der Waals surface area (Å²) in [6, 6.07) is 16.0. The highest BCUT2D eigenvalue weighted by atomic mass is 15.3. The summed E-state index contributed by atoms with van der Waals surface area (Å²) >= 11 is 0. The number of hydrogen-bond donors (Lipinski definition) is 0. The minimum Gasteiger partial charge on any atom is -0.298 e. The van der Waals surface area contributed by atoms with Gasteiger partial charge in [0.15, 0.2) is 0 Å². The molecule has 12 unspecified atom stereocenters. The van der Waals surface area contributed by atoms with Crippen LogP contribution in [0.1, 0.15) is 498 Å². The summed E-state index contributed by atoms with van der Waals surface area (Å²) in [6.07, 6.45) is 31.1. The maximum absolute atomic E-state index is 2.71. The van der Waals surface area contributed by atoms with Crippen molar-refractivity contribution in [2.24, 2.45) is 71.0 Å². The fourth-order valence-electron chi connectivity index (χ4n) is 21.0. The van der Waals surface area contributed by atoms with Crippen LogP contribution in [0.2, 0.25) is 0 Å². The van der Waals surface area contributed by atoms with Gasteiger partial charge in [-0.1, -0.05) is 270 Å². The SMILES string of the molecule is C.C.C.C.C.C.C.CC(C)C1CCCCCN1C(C)C.CC(C)C1CCCCCN1C(C)C.CC(C)C1CCCCN1C(C)C.CC(C)C1CCCCN1C(C)C.CC(C)C1CCCN1C(C)C.CC(C)C1CCCN1C(C)C.CC(C)C1CCN1C(C)C.CC(C)C1CCN1C(C)C.CC(C)C1CN1C(C)C.CC(C)C1CN1C(C)C.CC(C)CCC(C)C. The minimum absolute atomic E-state index is 0.